The third-order valence-electron chi connectivity index (χ3n) is 4.59. The maximum absolute atomic E-state index is 12.3. The van der Waals surface area contributed by atoms with E-state index in [0.717, 1.165) is 25.4 Å². The van der Waals surface area contributed by atoms with Crippen molar-refractivity contribution in [3.63, 3.8) is 0 Å². The lowest BCUT2D eigenvalue weighted by atomic mass is 10.1. The Morgan fingerprint density at radius 3 is 2.48 bits per heavy atom. The molecule has 25 heavy (non-hydrogen) atoms. The molecule has 0 radical (unpaired) electrons. The van der Waals surface area contributed by atoms with Crippen LogP contribution in [0.3, 0.4) is 0 Å². The standard InChI is InChI=1S/C18H24N2O4S/c21-18(14-16-6-13-25(22,23)15-16)20-9-7-19(8-10-20)11-12-24-17-4-2-1-3-5-17/h1-6,13,16H,7-12,14-15H2/t16-/m0/s1. The van der Waals surface area contributed by atoms with Crippen LogP contribution in [0.1, 0.15) is 6.42 Å². The van der Waals surface area contributed by atoms with E-state index in [2.05, 4.69) is 4.90 Å². The molecule has 0 unspecified atom stereocenters. The minimum Gasteiger partial charge on any atom is -0.492 e. The van der Waals surface area contributed by atoms with Crippen LogP contribution in [0, 0.1) is 5.92 Å². The molecule has 2 aliphatic heterocycles. The summed E-state index contributed by atoms with van der Waals surface area (Å²) in [6.45, 7) is 4.48. The highest BCUT2D eigenvalue weighted by atomic mass is 32.2. The molecule has 2 heterocycles. The van der Waals surface area contributed by atoms with Crippen LogP contribution in [0.2, 0.25) is 0 Å². The number of sulfone groups is 1. The normalized spacial score (nSPS) is 22.9. The number of hydrogen-bond donors (Lipinski definition) is 0. The van der Waals surface area contributed by atoms with Crippen LogP contribution in [0.25, 0.3) is 0 Å². The first kappa shape index (κ1) is 17.9. The van der Waals surface area contributed by atoms with Gasteiger partial charge in [0, 0.05) is 50.5 Å². The minimum atomic E-state index is -3.09. The van der Waals surface area contributed by atoms with Crippen LogP contribution >= 0.6 is 0 Å². The number of piperazine rings is 1. The molecule has 1 amide bonds. The summed E-state index contributed by atoms with van der Waals surface area (Å²) in [6, 6.07) is 9.73. The van der Waals surface area contributed by atoms with Crippen molar-refractivity contribution in [2.75, 3.05) is 45.1 Å². The molecule has 2 aliphatic rings. The average molecular weight is 364 g/mol. The maximum Gasteiger partial charge on any atom is 0.223 e. The third kappa shape index (κ3) is 5.31. The van der Waals surface area contributed by atoms with E-state index in [4.69, 9.17) is 4.74 Å². The van der Waals surface area contributed by atoms with Crippen LogP contribution in [-0.4, -0.2) is 69.2 Å². The van der Waals surface area contributed by atoms with Crippen molar-refractivity contribution in [3.8, 4) is 5.75 Å². The van der Waals surface area contributed by atoms with Gasteiger partial charge in [0.05, 0.1) is 5.75 Å². The summed E-state index contributed by atoms with van der Waals surface area (Å²) in [6.07, 6.45) is 1.93. The largest absolute Gasteiger partial charge is 0.492 e. The molecule has 0 aliphatic carbocycles. The molecular weight excluding hydrogens is 340 g/mol. The third-order valence-corrected chi connectivity index (χ3v) is 6.05. The van der Waals surface area contributed by atoms with Gasteiger partial charge in [-0.25, -0.2) is 8.42 Å². The Labute approximate surface area is 149 Å². The second-order valence-electron chi connectivity index (χ2n) is 6.51. The van der Waals surface area contributed by atoms with Crippen molar-refractivity contribution in [2.45, 2.75) is 6.42 Å². The number of amides is 1. The minimum absolute atomic E-state index is 0.0481. The predicted octanol–water partition coefficient (Wildman–Crippen LogP) is 1.16. The fourth-order valence-electron chi connectivity index (χ4n) is 3.15. The van der Waals surface area contributed by atoms with E-state index in [1.54, 1.807) is 6.08 Å². The van der Waals surface area contributed by atoms with Gasteiger partial charge in [0.15, 0.2) is 9.84 Å². The lowest BCUT2D eigenvalue weighted by Crippen LogP contribution is -2.49. The van der Waals surface area contributed by atoms with Crippen molar-refractivity contribution < 1.29 is 17.9 Å². The van der Waals surface area contributed by atoms with Crippen LogP contribution in [0.4, 0.5) is 0 Å². The van der Waals surface area contributed by atoms with Gasteiger partial charge in [0.25, 0.3) is 0 Å². The molecule has 0 bridgehead atoms. The van der Waals surface area contributed by atoms with Gasteiger partial charge in [0.1, 0.15) is 12.4 Å². The molecule has 1 fully saturated rings. The highest BCUT2D eigenvalue weighted by molar-refractivity contribution is 7.94. The highest BCUT2D eigenvalue weighted by Gasteiger charge is 2.27. The Bertz CT molecular complexity index is 710. The van der Waals surface area contributed by atoms with Gasteiger partial charge in [-0.15, -0.1) is 0 Å². The van der Waals surface area contributed by atoms with E-state index >= 15 is 0 Å². The van der Waals surface area contributed by atoms with Crippen molar-refractivity contribution in [1.29, 1.82) is 0 Å². The van der Waals surface area contributed by atoms with Gasteiger partial charge in [-0.05, 0) is 12.1 Å². The zero-order chi connectivity index (χ0) is 17.7. The van der Waals surface area contributed by atoms with E-state index in [1.165, 1.54) is 5.41 Å². The molecule has 136 valence electrons. The number of rotatable bonds is 6. The Balaban J connectivity index is 1.35. The fourth-order valence-corrected chi connectivity index (χ4v) is 4.55. The number of hydrogen-bond acceptors (Lipinski definition) is 5. The number of para-hydroxylation sites is 1. The summed E-state index contributed by atoms with van der Waals surface area (Å²) in [5.74, 6) is 0.813. The Kier molecular flexibility index (Phi) is 5.75. The number of allylic oxidation sites excluding steroid dienone is 1. The molecular formula is C18H24N2O4S. The quantitative estimate of drug-likeness (QED) is 0.758. The molecule has 0 spiro atoms. The maximum atomic E-state index is 12.3. The smallest absolute Gasteiger partial charge is 0.223 e. The van der Waals surface area contributed by atoms with E-state index in [0.29, 0.717) is 19.7 Å². The molecule has 6 nitrogen and oxygen atoms in total. The van der Waals surface area contributed by atoms with Crippen molar-refractivity contribution in [1.82, 2.24) is 9.80 Å². The molecule has 3 rings (SSSR count). The number of carbonyl (C=O) groups is 1. The average Bonchev–Trinajstić information content (AvgIpc) is 2.95. The summed E-state index contributed by atoms with van der Waals surface area (Å²) in [5, 5.41) is 1.23. The first-order valence-corrected chi connectivity index (χ1v) is 10.3. The molecule has 1 aromatic carbocycles. The van der Waals surface area contributed by atoms with Crippen molar-refractivity contribution in [3.05, 3.63) is 41.8 Å². The monoisotopic (exact) mass is 364 g/mol. The first-order valence-electron chi connectivity index (χ1n) is 8.61. The second kappa shape index (κ2) is 8.01. The Morgan fingerprint density at radius 1 is 1.12 bits per heavy atom. The van der Waals surface area contributed by atoms with Gasteiger partial charge in [0.2, 0.25) is 5.91 Å². The SMILES string of the molecule is O=C(C[C@@H]1C=CS(=O)(=O)C1)N1CCN(CCOc2ccccc2)CC1. The Hall–Kier alpha value is -1.86. The number of carbonyl (C=O) groups excluding carboxylic acids is 1. The molecule has 1 atom stereocenters. The van der Waals surface area contributed by atoms with Gasteiger partial charge in [-0.1, -0.05) is 24.3 Å². The highest BCUT2D eigenvalue weighted by Crippen LogP contribution is 2.19. The van der Waals surface area contributed by atoms with Gasteiger partial charge in [-0.3, -0.25) is 9.69 Å². The molecule has 1 saturated heterocycles. The van der Waals surface area contributed by atoms with E-state index in [-0.39, 0.29) is 24.0 Å². The van der Waals surface area contributed by atoms with Gasteiger partial charge >= 0.3 is 0 Å². The summed E-state index contributed by atoms with van der Waals surface area (Å²) >= 11 is 0. The van der Waals surface area contributed by atoms with Crippen LogP contribution in [0.5, 0.6) is 5.75 Å². The Morgan fingerprint density at radius 2 is 1.84 bits per heavy atom. The second-order valence-corrected chi connectivity index (χ2v) is 8.44. The van der Waals surface area contributed by atoms with Crippen LogP contribution in [-0.2, 0) is 14.6 Å². The number of benzene rings is 1. The number of nitrogens with zero attached hydrogens (tertiary/aromatic N) is 2. The zero-order valence-electron chi connectivity index (χ0n) is 14.2. The van der Waals surface area contributed by atoms with Gasteiger partial charge < -0.3 is 9.64 Å². The van der Waals surface area contributed by atoms with Crippen molar-refractivity contribution >= 4 is 15.7 Å². The lowest BCUT2D eigenvalue weighted by molar-refractivity contribution is -0.133. The van der Waals surface area contributed by atoms with Gasteiger partial charge in [-0.2, -0.15) is 0 Å². The molecule has 0 N–H and O–H groups in total. The van der Waals surface area contributed by atoms with E-state index in [1.807, 2.05) is 35.2 Å². The topological polar surface area (TPSA) is 66.9 Å². The lowest BCUT2D eigenvalue weighted by Gasteiger charge is -2.35. The summed E-state index contributed by atoms with van der Waals surface area (Å²) in [5.41, 5.74) is 0. The van der Waals surface area contributed by atoms with Crippen LogP contribution < -0.4 is 4.74 Å². The zero-order valence-corrected chi connectivity index (χ0v) is 15.0. The molecule has 0 saturated carbocycles. The van der Waals surface area contributed by atoms with Crippen molar-refractivity contribution in [2.24, 2.45) is 5.92 Å². The summed E-state index contributed by atoms with van der Waals surface area (Å²) < 4.78 is 28.5. The first-order chi connectivity index (χ1) is 12.0. The summed E-state index contributed by atoms with van der Waals surface area (Å²) in [7, 11) is -3.09. The number of ether oxygens (including phenoxy) is 1. The fraction of sp³-hybridized carbons (Fsp3) is 0.500. The van der Waals surface area contributed by atoms with Crippen LogP contribution in [0.15, 0.2) is 41.8 Å². The molecule has 1 aromatic rings. The molecule has 7 heteroatoms. The van der Waals surface area contributed by atoms with E-state index in [9.17, 15) is 13.2 Å². The predicted molar refractivity (Wildman–Crippen MR) is 96.0 cm³/mol. The van der Waals surface area contributed by atoms with E-state index < -0.39 is 9.84 Å². The summed E-state index contributed by atoms with van der Waals surface area (Å²) in [4.78, 5) is 16.4. The molecule has 0 aromatic heterocycles.